The van der Waals surface area contributed by atoms with E-state index in [0.29, 0.717) is 0 Å². The molecule has 0 unspecified atom stereocenters. The summed E-state index contributed by atoms with van der Waals surface area (Å²) in [5, 5.41) is 0. The lowest BCUT2D eigenvalue weighted by Gasteiger charge is -2.29. The number of ether oxygens (including phenoxy) is 1. The van der Waals surface area contributed by atoms with Crippen LogP contribution in [0.15, 0.2) is 12.4 Å². The Morgan fingerprint density at radius 3 is 2.75 bits per heavy atom. The Hall–Kier alpha value is -1.36. The van der Waals surface area contributed by atoms with E-state index in [0.717, 1.165) is 50.4 Å². The molecule has 0 aromatic carbocycles. The molecule has 1 saturated carbocycles. The van der Waals surface area contributed by atoms with Crippen LogP contribution in [0.3, 0.4) is 0 Å². The van der Waals surface area contributed by atoms with Gasteiger partial charge in [-0.1, -0.05) is 12.8 Å². The predicted molar refractivity (Wildman–Crippen MR) is 80.3 cm³/mol. The van der Waals surface area contributed by atoms with Crippen LogP contribution in [0.25, 0.3) is 0 Å². The summed E-state index contributed by atoms with van der Waals surface area (Å²) in [7, 11) is 2.14. The van der Waals surface area contributed by atoms with Gasteiger partial charge in [-0.3, -0.25) is 0 Å². The zero-order valence-electron chi connectivity index (χ0n) is 12.3. The number of morpholine rings is 1. The van der Waals surface area contributed by atoms with Crippen molar-refractivity contribution in [2.45, 2.75) is 25.7 Å². The summed E-state index contributed by atoms with van der Waals surface area (Å²) in [5.74, 6) is 2.90. The molecule has 5 nitrogen and oxygen atoms in total. The molecule has 3 rings (SSSR count). The molecule has 1 saturated heterocycles. The molecule has 110 valence electrons. The molecular formula is C15H24N4O. The van der Waals surface area contributed by atoms with Crippen molar-refractivity contribution in [3.63, 3.8) is 0 Å². The van der Waals surface area contributed by atoms with E-state index in [-0.39, 0.29) is 0 Å². The Morgan fingerprint density at radius 2 is 2.00 bits per heavy atom. The third kappa shape index (κ3) is 3.20. The van der Waals surface area contributed by atoms with Crippen LogP contribution in [0.5, 0.6) is 0 Å². The molecule has 1 aromatic heterocycles. The maximum atomic E-state index is 5.39. The van der Waals surface area contributed by atoms with E-state index < -0.39 is 0 Å². The quantitative estimate of drug-likeness (QED) is 0.840. The molecule has 2 heterocycles. The lowest BCUT2D eigenvalue weighted by molar-refractivity contribution is 0.122. The molecule has 0 bridgehead atoms. The number of aromatic nitrogens is 2. The summed E-state index contributed by atoms with van der Waals surface area (Å²) in [6.45, 7) is 4.53. The van der Waals surface area contributed by atoms with Gasteiger partial charge in [0.25, 0.3) is 0 Å². The Bertz CT molecular complexity index is 428. The average molecular weight is 276 g/mol. The topological polar surface area (TPSA) is 41.5 Å². The van der Waals surface area contributed by atoms with Gasteiger partial charge in [-0.25, -0.2) is 9.97 Å². The van der Waals surface area contributed by atoms with Gasteiger partial charge in [0.1, 0.15) is 18.0 Å². The monoisotopic (exact) mass is 276 g/mol. The van der Waals surface area contributed by atoms with Gasteiger partial charge in [0.15, 0.2) is 0 Å². The Balaban J connectivity index is 1.66. The maximum Gasteiger partial charge on any atom is 0.134 e. The second-order valence-electron chi connectivity index (χ2n) is 5.86. The molecule has 0 spiro atoms. The SMILES string of the molecule is CN(CC1CCCC1)c1cc(N2CCOCC2)ncn1. The first-order valence-corrected chi connectivity index (χ1v) is 7.69. The number of hydrogen-bond donors (Lipinski definition) is 0. The van der Waals surface area contributed by atoms with E-state index in [4.69, 9.17) is 4.74 Å². The van der Waals surface area contributed by atoms with Crippen LogP contribution in [0.4, 0.5) is 11.6 Å². The fraction of sp³-hybridized carbons (Fsp3) is 0.733. The van der Waals surface area contributed by atoms with Gasteiger partial charge in [-0.2, -0.15) is 0 Å². The third-order valence-electron chi connectivity index (χ3n) is 4.37. The minimum absolute atomic E-state index is 0.789. The highest BCUT2D eigenvalue weighted by molar-refractivity contribution is 5.49. The van der Waals surface area contributed by atoms with E-state index in [2.05, 4.69) is 32.9 Å². The van der Waals surface area contributed by atoms with Crippen LogP contribution in [0.2, 0.25) is 0 Å². The van der Waals surface area contributed by atoms with Gasteiger partial charge in [0, 0.05) is 32.7 Å². The van der Waals surface area contributed by atoms with E-state index in [1.54, 1.807) is 6.33 Å². The van der Waals surface area contributed by atoms with Gasteiger partial charge in [0.05, 0.1) is 13.2 Å². The van der Waals surface area contributed by atoms with Crippen molar-refractivity contribution in [1.82, 2.24) is 9.97 Å². The summed E-state index contributed by atoms with van der Waals surface area (Å²) < 4.78 is 5.39. The van der Waals surface area contributed by atoms with Crippen molar-refractivity contribution in [3.8, 4) is 0 Å². The molecule has 0 N–H and O–H groups in total. The lowest BCUT2D eigenvalue weighted by atomic mass is 10.1. The Labute approximate surface area is 121 Å². The smallest absolute Gasteiger partial charge is 0.134 e. The largest absolute Gasteiger partial charge is 0.378 e. The molecule has 20 heavy (non-hydrogen) atoms. The van der Waals surface area contributed by atoms with Crippen LogP contribution in [-0.2, 0) is 4.74 Å². The minimum atomic E-state index is 0.789. The van der Waals surface area contributed by atoms with E-state index in [1.807, 2.05) is 0 Å². The third-order valence-corrected chi connectivity index (χ3v) is 4.37. The highest BCUT2D eigenvalue weighted by Gasteiger charge is 2.19. The van der Waals surface area contributed by atoms with Crippen LogP contribution in [-0.4, -0.2) is 49.9 Å². The zero-order valence-corrected chi connectivity index (χ0v) is 12.3. The fourth-order valence-electron chi connectivity index (χ4n) is 3.19. The van der Waals surface area contributed by atoms with Gasteiger partial charge >= 0.3 is 0 Å². The molecule has 0 amide bonds. The minimum Gasteiger partial charge on any atom is -0.378 e. The molecular weight excluding hydrogens is 252 g/mol. The molecule has 2 fully saturated rings. The van der Waals surface area contributed by atoms with E-state index >= 15 is 0 Å². The summed E-state index contributed by atoms with van der Waals surface area (Å²) in [4.78, 5) is 13.4. The van der Waals surface area contributed by atoms with E-state index in [9.17, 15) is 0 Å². The first-order chi connectivity index (χ1) is 9.83. The number of anilines is 2. The van der Waals surface area contributed by atoms with Crippen molar-refractivity contribution in [1.29, 1.82) is 0 Å². The van der Waals surface area contributed by atoms with Crippen LogP contribution < -0.4 is 9.80 Å². The predicted octanol–water partition coefficient (Wildman–Crippen LogP) is 1.94. The van der Waals surface area contributed by atoms with E-state index in [1.165, 1.54) is 25.7 Å². The number of hydrogen-bond acceptors (Lipinski definition) is 5. The fourth-order valence-corrected chi connectivity index (χ4v) is 3.19. The summed E-state index contributed by atoms with van der Waals surface area (Å²) in [5.41, 5.74) is 0. The van der Waals surface area contributed by atoms with Crippen LogP contribution in [0, 0.1) is 5.92 Å². The van der Waals surface area contributed by atoms with Crippen molar-refractivity contribution >= 4 is 11.6 Å². The highest BCUT2D eigenvalue weighted by atomic mass is 16.5. The second-order valence-corrected chi connectivity index (χ2v) is 5.86. The summed E-state index contributed by atoms with van der Waals surface area (Å²) in [6, 6.07) is 2.11. The molecule has 5 heteroatoms. The van der Waals surface area contributed by atoms with Crippen molar-refractivity contribution in [2.75, 3.05) is 49.7 Å². The number of nitrogens with zero attached hydrogens (tertiary/aromatic N) is 4. The average Bonchev–Trinajstić information content (AvgIpc) is 3.01. The first-order valence-electron chi connectivity index (χ1n) is 7.69. The van der Waals surface area contributed by atoms with Gasteiger partial charge in [0.2, 0.25) is 0 Å². The standard InChI is InChI=1S/C15H24N4O/c1-18(11-13-4-2-3-5-13)14-10-15(17-12-16-14)19-6-8-20-9-7-19/h10,12-13H,2-9,11H2,1H3. The van der Waals surface area contributed by atoms with Crippen molar-refractivity contribution in [3.05, 3.63) is 12.4 Å². The first kappa shape index (κ1) is 13.6. The van der Waals surface area contributed by atoms with Gasteiger partial charge < -0.3 is 14.5 Å². The Morgan fingerprint density at radius 1 is 1.25 bits per heavy atom. The normalized spacial score (nSPS) is 20.4. The highest BCUT2D eigenvalue weighted by Crippen LogP contribution is 2.27. The van der Waals surface area contributed by atoms with Crippen molar-refractivity contribution < 1.29 is 4.74 Å². The molecule has 0 atom stereocenters. The maximum absolute atomic E-state index is 5.39. The van der Waals surface area contributed by atoms with Crippen molar-refractivity contribution in [2.24, 2.45) is 5.92 Å². The lowest BCUT2D eigenvalue weighted by Crippen LogP contribution is -2.37. The molecule has 1 aromatic rings. The zero-order chi connectivity index (χ0) is 13.8. The van der Waals surface area contributed by atoms with Crippen LogP contribution in [0.1, 0.15) is 25.7 Å². The molecule has 1 aliphatic heterocycles. The summed E-state index contributed by atoms with van der Waals surface area (Å²) >= 11 is 0. The number of rotatable bonds is 4. The summed E-state index contributed by atoms with van der Waals surface area (Å²) in [6.07, 6.45) is 7.20. The van der Waals surface area contributed by atoms with Gasteiger partial charge in [-0.15, -0.1) is 0 Å². The Kier molecular flexibility index (Phi) is 4.35. The molecule has 0 radical (unpaired) electrons. The van der Waals surface area contributed by atoms with Gasteiger partial charge in [-0.05, 0) is 18.8 Å². The molecule has 2 aliphatic rings. The second kappa shape index (κ2) is 6.39. The molecule has 1 aliphatic carbocycles. The van der Waals surface area contributed by atoms with Crippen LogP contribution >= 0.6 is 0 Å².